The van der Waals surface area contributed by atoms with E-state index >= 15 is 0 Å². The Bertz CT molecular complexity index is 1550. The SMILES string of the molecule is CC[C@@H](C(=O)[C@@H](C)[C@@H](O)[C@H](C)[C@@H]1O[C@@H]([C@@H](CC)C(=O)O)CC[C@@H]1C)[C@H]1O[C@]2(C=C[C@@H](NC(=O)OCCN(C)C)C(C3CC[C@@](C)([C@H]4CC[C@](O)(CC)[C@H](C)O4)O3)O2)[C@H](C)C[C@@H]1C. The minimum atomic E-state index is -1.23. The molecule has 0 saturated carbocycles. The predicted octanol–water partition coefficient (Wildman–Crippen LogP) is 6.52. The van der Waals surface area contributed by atoms with Gasteiger partial charge in [-0.15, -0.1) is 0 Å². The van der Waals surface area contributed by atoms with Gasteiger partial charge in [-0.1, -0.05) is 61.5 Å². The highest BCUT2D eigenvalue weighted by molar-refractivity contribution is 5.84. The van der Waals surface area contributed by atoms with Gasteiger partial charge in [0, 0.05) is 30.2 Å². The summed E-state index contributed by atoms with van der Waals surface area (Å²) in [4.78, 5) is 41.8. The van der Waals surface area contributed by atoms with E-state index in [0.29, 0.717) is 64.3 Å². The van der Waals surface area contributed by atoms with Gasteiger partial charge in [0.1, 0.15) is 18.5 Å². The molecule has 1 spiro atoms. The molecule has 62 heavy (non-hydrogen) atoms. The Morgan fingerprint density at radius 2 is 1.60 bits per heavy atom. The Morgan fingerprint density at radius 3 is 2.21 bits per heavy atom. The van der Waals surface area contributed by atoms with Crippen LogP contribution in [0.3, 0.4) is 0 Å². The lowest BCUT2D eigenvalue weighted by molar-refractivity contribution is -0.327. The number of nitrogens with zero attached hydrogens (tertiary/aromatic N) is 1. The third-order valence-corrected chi connectivity index (χ3v) is 15.8. The number of carbonyl (C=O) groups is 3. The summed E-state index contributed by atoms with van der Waals surface area (Å²) in [7, 11) is 3.83. The van der Waals surface area contributed by atoms with Crippen molar-refractivity contribution in [3.63, 3.8) is 0 Å². The summed E-state index contributed by atoms with van der Waals surface area (Å²) in [6.07, 6.45) is 5.49. The minimum absolute atomic E-state index is 0.00746. The number of likely N-dealkylation sites (N-methyl/N-ethyl adjacent to an activating group) is 1. The first kappa shape index (κ1) is 50.8. The summed E-state index contributed by atoms with van der Waals surface area (Å²) in [6, 6.07) is -0.600. The monoisotopic (exact) mass is 879 g/mol. The molecule has 0 radical (unpaired) electrons. The Labute approximate surface area is 371 Å². The van der Waals surface area contributed by atoms with E-state index in [4.69, 9.17) is 28.4 Å². The average Bonchev–Trinajstić information content (AvgIpc) is 3.64. The van der Waals surface area contributed by atoms with E-state index in [1.54, 1.807) is 6.92 Å². The van der Waals surface area contributed by atoms with Gasteiger partial charge in [-0.2, -0.15) is 0 Å². The maximum atomic E-state index is 14.6. The highest BCUT2D eigenvalue weighted by Gasteiger charge is 2.57. The zero-order valence-corrected chi connectivity index (χ0v) is 39.8. The van der Waals surface area contributed by atoms with E-state index in [0.717, 1.165) is 6.42 Å². The molecule has 14 heteroatoms. The van der Waals surface area contributed by atoms with Crippen LogP contribution in [0, 0.1) is 41.4 Å². The number of ketones is 1. The summed E-state index contributed by atoms with van der Waals surface area (Å²) in [5.41, 5.74) is -1.53. The van der Waals surface area contributed by atoms with Gasteiger partial charge in [0.15, 0.2) is 5.79 Å². The zero-order chi connectivity index (χ0) is 45.9. The van der Waals surface area contributed by atoms with E-state index in [1.807, 2.05) is 65.8 Å². The Balaban J connectivity index is 1.36. The summed E-state index contributed by atoms with van der Waals surface area (Å²) in [5, 5.41) is 35.9. The first-order chi connectivity index (χ1) is 29.1. The van der Waals surface area contributed by atoms with Gasteiger partial charge in [0.2, 0.25) is 0 Å². The maximum absolute atomic E-state index is 14.6. The summed E-state index contributed by atoms with van der Waals surface area (Å²) >= 11 is 0. The van der Waals surface area contributed by atoms with Crippen molar-refractivity contribution in [3.05, 3.63) is 12.2 Å². The van der Waals surface area contributed by atoms with Gasteiger partial charge in [-0.25, -0.2) is 4.79 Å². The second kappa shape index (κ2) is 21.0. The number of alkyl carbamates (subject to hydrolysis) is 1. The van der Waals surface area contributed by atoms with E-state index in [1.165, 1.54) is 0 Å². The third kappa shape index (κ3) is 10.9. The number of aliphatic carboxylic acids is 1. The van der Waals surface area contributed by atoms with Crippen LogP contribution in [0.1, 0.15) is 133 Å². The fourth-order valence-corrected chi connectivity index (χ4v) is 11.3. The van der Waals surface area contributed by atoms with Crippen LogP contribution in [0.15, 0.2) is 12.2 Å². The number of Topliss-reactive ketones (excluding diaryl/α,β-unsaturated/α-hetero) is 1. The van der Waals surface area contributed by atoms with Crippen LogP contribution < -0.4 is 5.32 Å². The molecular formula is C48H82N2O12. The van der Waals surface area contributed by atoms with E-state index in [2.05, 4.69) is 33.0 Å². The van der Waals surface area contributed by atoms with Crippen molar-refractivity contribution < 1.29 is 58.1 Å². The number of nitrogens with one attached hydrogen (secondary N) is 1. The molecule has 4 fully saturated rings. The second-order valence-corrected chi connectivity index (χ2v) is 20.3. The predicted molar refractivity (Wildman–Crippen MR) is 234 cm³/mol. The summed E-state index contributed by atoms with van der Waals surface area (Å²) in [5.74, 6) is -4.53. The molecule has 1 amide bonds. The molecule has 4 N–H and O–H groups in total. The molecule has 5 rings (SSSR count). The molecule has 0 aliphatic carbocycles. The molecule has 2 unspecified atom stereocenters. The molecule has 0 aromatic heterocycles. The Hall–Kier alpha value is -2.17. The second-order valence-electron chi connectivity index (χ2n) is 20.3. The fourth-order valence-electron chi connectivity index (χ4n) is 11.3. The van der Waals surface area contributed by atoms with Crippen LogP contribution in [0.4, 0.5) is 4.79 Å². The van der Waals surface area contributed by atoms with Gasteiger partial charge in [0.25, 0.3) is 0 Å². The van der Waals surface area contributed by atoms with Gasteiger partial charge in [-0.3, -0.25) is 9.59 Å². The lowest BCUT2D eigenvalue weighted by Gasteiger charge is -2.52. The van der Waals surface area contributed by atoms with Crippen molar-refractivity contribution in [2.24, 2.45) is 41.4 Å². The zero-order valence-electron chi connectivity index (χ0n) is 39.8. The standard InChI is InChI=1S/C48H82N2O12/c1-13-33(44(53)54)36-17-16-27(4)41(59-36)31(8)39(51)30(7)40(52)34(14-2)42-28(5)26-29(6)48(61-42)23-18-35(49-45(55)57-25-24-50(11)12)43(62-48)37-19-21-46(10,60-37)38-20-22-47(56,15-3)32(9)58-38/h18,23,27-39,41-43,51,56H,13-17,19-22,24-26H2,1-12H3,(H,49,55)(H,53,54)/t27-,28-,29+,30-,31-,32-,33+,34-,35+,36+,37?,38+,39+,41+,42-,43?,46-,47+,48-/m0/s1. The number of ether oxygens (including phenoxy) is 6. The van der Waals surface area contributed by atoms with Crippen LogP contribution >= 0.6 is 0 Å². The van der Waals surface area contributed by atoms with E-state index in [-0.39, 0.29) is 42.4 Å². The molecule has 14 nitrogen and oxygen atoms in total. The number of carboxylic acid groups (broad SMARTS) is 1. The van der Waals surface area contributed by atoms with Crippen molar-refractivity contribution >= 4 is 17.8 Å². The topological polar surface area (TPSA) is 183 Å². The lowest BCUT2D eigenvalue weighted by atomic mass is 9.72. The van der Waals surface area contributed by atoms with Crippen LogP contribution in [0.2, 0.25) is 0 Å². The highest BCUT2D eigenvalue weighted by Crippen LogP contribution is 2.49. The molecule has 356 valence electrons. The number of rotatable bonds is 17. The van der Waals surface area contributed by atoms with Crippen LogP contribution in [-0.2, 0) is 38.0 Å². The summed E-state index contributed by atoms with van der Waals surface area (Å²) in [6.45, 7) is 20.5. The average molecular weight is 879 g/mol. The van der Waals surface area contributed by atoms with Gasteiger partial charge in [-0.05, 0) is 110 Å². The molecule has 5 aliphatic heterocycles. The lowest BCUT2D eigenvalue weighted by Crippen LogP contribution is -2.62. The molecule has 5 heterocycles. The van der Waals surface area contributed by atoms with Gasteiger partial charge in [0.05, 0.1) is 65.9 Å². The molecule has 4 saturated heterocycles. The van der Waals surface area contributed by atoms with Crippen molar-refractivity contribution in [2.75, 3.05) is 27.2 Å². The molecule has 0 bridgehead atoms. The maximum Gasteiger partial charge on any atom is 0.407 e. The molecule has 19 atom stereocenters. The van der Waals surface area contributed by atoms with Crippen molar-refractivity contribution in [1.29, 1.82) is 0 Å². The number of aliphatic hydroxyl groups is 2. The molecule has 0 aromatic rings. The normalized spacial score (nSPS) is 41.3. The number of amides is 1. The third-order valence-electron chi connectivity index (χ3n) is 15.8. The van der Waals surface area contributed by atoms with Crippen LogP contribution in [-0.4, -0.2) is 137 Å². The van der Waals surface area contributed by atoms with Crippen LogP contribution in [0.5, 0.6) is 0 Å². The van der Waals surface area contributed by atoms with Crippen molar-refractivity contribution in [2.45, 2.75) is 205 Å². The first-order valence-corrected chi connectivity index (χ1v) is 23.9. The van der Waals surface area contributed by atoms with Crippen LogP contribution in [0.25, 0.3) is 0 Å². The number of hydrogen-bond acceptors (Lipinski definition) is 12. The largest absolute Gasteiger partial charge is 0.481 e. The number of hydrogen-bond donors (Lipinski definition) is 4. The molecule has 5 aliphatic rings. The van der Waals surface area contributed by atoms with E-state index in [9.17, 15) is 29.7 Å². The molecule has 0 aromatic carbocycles. The number of aliphatic hydroxyl groups excluding tert-OH is 1. The van der Waals surface area contributed by atoms with E-state index < -0.39 is 95.4 Å². The highest BCUT2D eigenvalue weighted by atomic mass is 16.7. The Morgan fingerprint density at radius 1 is 0.903 bits per heavy atom. The van der Waals surface area contributed by atoms with Gasteiger partial charge >= 0.3 is 12.1 Å². The smallest absolute Gasteiger partial charge is 0.407 e. The van der Waals surface area contributed by atoms with Crippen molar-refractivity contribution in [1.82, 2.24) is 10.2 Å². The number of carboxylic acids is 1. The summed E-state index contributed by atoms with van der Waals surface area (Å²) < 4.78 is 39.7. The Kier molecular flexibility index (Phi) is 17.2. The molecular weight excluding hydrogens is 797 g/mol. The number of carbonyl (C=O) groups excluding carboxylic acids is 2. The fraction of sp³-hybridized carbons (Fsp3) is 0.896. The quantitative estimate of drug-likeness (QED) is 0.116. The minimum Gasteiger partial charge on any atom is -0.481 e. The van der Waals surface area contributed by atoms with Crippen molar-refractivity contribution in [3.8, 4) is 0 Å². The first-order valence-electron chi connectivity index (χ1n) is 23.9. The van der Waals surface area contributed by atoms with Gasteiger partial charge < -0.3 is 54.0 Å².